The Kier molecular flexibility index (Phi) is 5.34. The van der Waals surface area contributed by atoms with Crippen molar-refractivity contribution >= 4 is 29.9 Å². The van der Waals surface area contributed by atoms with E-state index >= 15 is 0 Å². The van der Waals surface area contributed by atoms with Crippen LogP contribution in [0.15, 0.2) is 36.5 Å². The van der Waals surface area contributed by atoms with Crippen LogP contribution in [0.1, 0.15) is 29.9 Å². The molecule has 0 unspecified atom stereocenters. The quantitative estimate of drug-likeness (QED) is 0.731. The van der Waals surface area contributed by atoms with Crippen LogP contribution in [0.4, 0.5) is 18.9 Å². The topological polar surface area (TPSA) is 87.4 Å². The minimum absolute atomic E-state index is 0.0919. The number of halogens is 3. The summed E-state index contributed by atoms with van der Waals surface area (Å²) in [5.74, 6) is -1.01. The highest BCUT2D eigenvalue weighted by Crippen LogP contribution is 2.33. The average Bonchev–Trinajstić information content (AvgIpc) is 2.99. The maximum atomic E-state index is 13.4. The largest absolute Gasteiger partial charge is 0.488 e. The van der Waals surface area contributed by atoms with E-state index in [9.17, 15) is 18.0 Å². The van der Waals surface area contributed by atoms with Crippen LogP contribution in [-0.2, 0) is 6.18 Å². The number of aromatic nitrogens is 2. The highest BCUT2D eigenvalue weighted by molar-refractivity contribution is 6.58. The molecule has 132 valence electrons. The van der Waals surface area contributed by atoms with Crippen LogP contribution in [0.25, 0.3) is 5.70 Å². The molecule has 1 heterocycles. The molecule has 3 N–H and O–H groups in total. The van der Waals surface area contributed by atoms with Gasteiger partial charge in [-0.05, 0) is 31.4 Å². The van der Waals surface area contributed by atoms with E-state index in [0.29, 0.717) is 4.68 Å². The summed E-state index contributed by atoms with van der Waals surface area (Å²) >= 11 is 0. The second kappa shape index (κ2) is 7.12. The normalized spacial score (nSPS) is 12.2. The number of nitrogens with one attached hydrogen (secondary N) is 1. The summed E-state index contributed by atoms with van der Waals surface area (Å²) < 4.78 is 40.8. The van der Waals surface area contributed by atoms with Crippen molar-refractivity contribution in [2.45, 2.75) is 20.0 Å². The first-order valence-electron chi connectivity index (χ1n) is 7.21. The fourth-order valence-corrected chi connectivity index (χ4v) is 2.15. The number of carbonyl (C=O) groups is 1. The van der Waals surface area contributed by atoms with Crippen molar-refractivity contribution in [1.29, 1.82) is 0 Å². The van der Waals surface area contributed by atoms with Gasteiger partial charge in [-0.2, -0.15) is 18.3 Å². The van der Waals surface area contributed by atoms with Crippen molar-refractivity contribution in [1.82, 2.24) is 9.78 Å². The van der Waals surface area contributed by atoms with E-state index in [1.54, 1.807) is 6.92 Å². The third-order valence-corrected chi connectivity index (χ3v) is 3.48. The van der Waals surface area contributed by atoms with E-state index < -0.39 is 30.5 Å². The van der Waals surface area contributed by atoms with Gasteiger partial charge in [-0.1, -0.05) is 18.2 Å². The number of anilines is 1. The summed E-state index contributed by atoms with van der Waals surface area (Å²) in [5, 5.41) is 24.2. The smallest absolute Gasteiger partial charge is 0.423 e. The number of benzene rings is 1. The highest BCUT2D eigenvalue weighted by atomic mass is 19.4. The lowest BCUT2D eigenvalue weighted by Crippen LogP contribution is -2.30. The molecule has 2 rings (SSSR count). The summed E-state index contributed by atoms with van der Waals surface area (Å²) in [5.41, 5.74) is -1.38. The number of hydrogen-bond acceptors (Lipinski definition) is 4. The van der Waals surface area contributed by atoms with Gasteiger partial charge in [0, 0.05) is 11.4 Å². The molecule has 1 amide bonds. The lowest BCUT2D eigenvalue weighted by molar-refractivity contribution is -0.143. The van der Waals surface area contributed by atoms with Crippen molar-refractivity contribution in [2.24, 2.45) is 0 Å². The first-order chi connectivity index (χ1) is 11.6. The van der Waals surface area contributed by atoms with E-state index in [-0.39, 0.29) is 16.8 Å². The van der Waals surface area contributed by atoms with Crippen LogP contribution in [0.3, 0.4) is 0 Å². The summed E-state index contributed by atoms with van der Waals surface area (Å²) in [6.45, 7) is 3.00. The second-order valence-electron chi connectivity index (χ2n) is 5.20. The van der Waals surface area contributed by atoms with Gasteiger partial charge in [-0.15, -0.1) is 0 Å². The van der Waals surface area contributed by atoms with Gasteiger partial charge in [0.15, 0.2) is 5.69 Å². The van der Waals surface area contributed by atoms with Crippen molar-refractivity contribution in [3.05, 3.63) is 47.8 Å². The van der Waals surface area contributed by atoms with E-state index in [1.165, 1.54) is 37.3 Å². The SMILES string of the molecule is C/C=C(\C)n1ncc(C(=O)Nc2cccc(B(O)O)c2)c1C(F)(F)F. The maximum absolute atomic E-state index is 13.4. The summed E-state index contributed by atoms with van der Waals surface area (Å²) in [6.07, 6.45) is -2.50. The van der Waals surface area contributed by atoms with E-state index in [0.717, 1.165) is 6.20 Å². The molecule has 0 fully saturated rings. The molecular formula is C15H15BF3N3O3. The van der Waals surface area contributed by atoms with Crippen LogP contribution in [0.5, 0.6) is 0 Å². The molecule has 25 heavy (non-hydrogen) atoms. The zero-order valence-corrected chi connectivity index (χ0v) is 13.4. The summed E-state index contributed by atoms with van der Waals surface area (Å²) in [7, 11) is -1.76. The average molecular weight is 353 g/mol. The minimum atomic E-state index is -4.78. The maximum Gasteiger partial charge on any atom is 0.488 e. The number of alkyl halides is 3. The van der Waals surface area contributed by atoms with Crippen LogP contribution < -0.4 is 10.8 Å². The second-order valence-corrected chi connectivity index (χ2v) is 5.20. The van der Waals surface area contributed by atoms with E-state index in [1.807, 2.05) is 0 Å². The number of hydrogen-bond donors (Lipinski definition) is 3. The number of allylic oxidation sites excluding steroid dienone is 2. The van der Waals surface area contributed by atoms with Crippen molar-refractivity contribution < 1.29 is 28.0 Å². The fourth-order valence-electron chi connectivity index (χ4n) is 2.15. The summed E-state index contributed by atoms with van der Waals surface area (Å²) in [6, 6.07) is 5.49. The molecular weight excluding hydrogens is 338 g/mol. The minimum Gasteiger partial charge on any atom is -0.423 e. The van der Waals surface area contributed by atoms with Gasteiger partial charge in [0.1, 0.15) is 0 Å². The highest BCUT2D eigenvalue weighted by Gasteiger charge is 2.40. The molecule has 0 spiro atoms. The van der Waals surface area contributed by atoms with Gasteiger partial charge in [0.25, 0.3) is 5.91 Å². The lowest BCUT2D eigenvalue weighted by atomic mass is 9.80. The Labute approximate surface area is 141 Å². The fraction of sp³-hybridized carbons (Fsp3) is 0.200. The Morgan fingerprint density at radius 1 is 1.36 bits per heavy atom. The molecule has 0 aliphatic rings. The molecule has 1 aromatic heterocycles. The molecule has 2 aromatic rings. The molecule has 0 aliphatic carbocycles. The van der Waals surface area contributed by atoms with Crippen LogP contribution in [0, 0.1) is 0 Å². The molecule has 6 nitrogen and oxygen atoms in total. The van der Waals surface area contributed by atoms with Gasteiger partial charge in [-0.25, -0.2) is 4.68 Å². The van der Waals surface area contributed by atoms with Gasteiger partial charge >= 0.3 is 13.3 Å². The molecule has 1 aromatic carbocycles. The molecule has 10 heteroatoms. The van der Waals surface area contributed by atoms with Crippen LogP contribution in [-0.4, -0.2) is 32.9 Å². The predicted octanol–water partition coefficient (Wildman–Crippen LogP) is 1.71. The third kappa shape index (κ3) is 4.09. The first-order valence-corrected chi connectivity index (χ1v) is 7.21. The van der Waals surface area contributed by atoms with Gasteiger partial charge in [0.2, 0.25) is 0 Å². The standard InChI is InChI=1S/C15H15BF3N3O3/c1-3-9(2)22-13(15(17,18)19)12(8-20-22)14(23)21-11-6-4-5-10(7-11)16(24)25/h3-8,24-25H,1-2H3,(H,21,23)/b9-3+. The van der Waals surface area contributed by atoms with Crippen molar-refractivity contribution in [2.75, 3.05) is 5.32 Å². The molecule has 0 saturated carbocycles. The Balaban J connectivity index is 2.40. The van der Waals surface area contributed by atoms with Crippen LogP contribution >= 0.6 is 0 Å². The third-order valence-electron chi connectivity index (χ3n) is 3.48. The molecule has 0 radical (unpaired) electrons. The van der Waals surface area contributed by atoms with Crippen molar-refractivity contribution in [3.8, 4) is 0 Å². The Bertz CT molecular complexity index is 816. The molecule has 0 atom stereocenters. The first kappa shape index (κ1) is 18.7. The molecule has 0 aliphatic heterocycles. The van der Waals surface area contributed by atoms with Gasteiger partial charge < -0.3 is 15.4 Å². The van der Waals surface area contributed by atoms with E-state index in [4.69, 9.17) is 10.0 Å². The monoisotopic (exact) mass is 353 g/mol. The van der Waals surface area contributed by atoms with Gasteiger partial charge in [0.05, 0.1) is 11.8 Å². The Hall–Kier alpha value is -2.59. The number of amides is 1. The van der Waals surface area contributed by atoms with E-state index in [2.05, 4.69) is 10.4 Å². The molecule has 0 saturated heterocycles. The Morgan fingerprint density at radius 3 is 2.60 bits per heavy atom. The molecule has 0 bridgehead atoms. The number of nitrogens with zero attached hydrogens (tertiary/aromatic N) is 2. The number of carbonyl (C=O) groups excluding carboxylic acids is 1. The predicted molar refractivity (Wildman–Crippen MR) is 87.1 cm³/mol. The zero-order chi connectivity index (χ0) is 18.8. The van der Waals surface area contributed by atoms with Gasteiger partial charge in [-0.3, -0.25) is 4.79 Å². The lowest BCUT2D eigenvalue weighted by Gasteiger charge is -2.13. The van der Waals surface area contributed by atoms with Crippen LogP contribution in [0.2, 0.25) is 0 Å². The van der Waals surface area contributed by atoms with Crippen molar-refractivity contribution in [3.63, 3.8) is 0 Å². The summed E-state index contributed by atoms with van der Waals surface area (Å²) in [4.78, 5) is 12.3. The number of rotatable bonds is 4. The Morgan fingerprint density at radius 2 is 2.04 bits per heavy atom. The zero-order valence-electron chi connectivity index (χ0n) is 13.4.